The van der Waals surface area contributed by atoms with Crippen LogP contribution in [-0.4, -0.2) is 37.4 Å². The molecule has 0 heterocycles. The van der Waals surface area contributed by atoms with Gasteiger partial charge in [-0.25, -0.2) is 4.99 Å². The Bertz CT molecular complexity index is 784. The molecule has 0 aliphatic heterocycles. The number of nitrogens with one attached hydrogen (secondary N) is 2. The summed E-state index contributed by atoms with van der Waals surface area (Å²) in [5, 5.41) is 16.1. The zero-order chi connectivity index (χ0) is 20.9. The van der Waals surface area contributed by atoms with Crippen LogP contribution in [0.2, 0.25) is 0 Å². The van der Waals surface area contributed by atoms with E-state index in [-0.39, 0.29) is 30.6 Å². The lowest BCUT2D eigenvalue weighted by Gasteiger charge is -2.14. The van der Waals surface area contributed by atoms with Gasteiger partial charge in [0, 0.05) is 13.1 Å². The van der Waals surface area contributed by atoms with Crippen LogP contribution in [-0.2, 0) is 19.6 Å². The SMILES string of the molecule is CCNC(=NCc1ccccc1CO)NCCc1ccc(OCC)c(OCC)c1.I. The molecule has 0 aliphatic carbocycles. The van der Waals surface area contributed by atoms with E-state index in [1.165, 1.54) is 5.56 Å². The lowest BCUT2D eigenvalue weighted by Crippen LogP contribution is -2.38. The molecule has 0 saturated carbocycles. The van der Waals surface area contributed by atoms with Gasteiger partial charge in [0.2, 0.25) is 0 Å². The highest BCUT2D eigenvalue weighted by Crippen LogP contribution is 2.28. The summed E-state index contributed by atoms with van der Waals surface area (Å²) in [5.41, 5.74) is 3.11. The van der Waals surface area contributed by atoms with Crippen LogP contribution in [0.3, 0.4) is 0 Å². The summed E-state index contributed by atoms with van der Waals surface area (Å²) >= 11 is 0. The van der Waals surface area contributed by atoms with Crippen molar-refractivity contribution in [2.24, 2.45) is 4.99 Å². The van der Waals surface area contributed by atoms with Crippen LogP contribution in [0.15, 0.2) is 47.5 Å². The van der Waals surface area contributed by atoms with Gasteiger partial charge in [-0.2, -0.15) is 0 Å². The smallest absolute Gasteiger partial charge is 0.191 e. The molecule has 0 aromatic heterocycles. The Labute approximate surface area is 197 Å². The van der Waals surface area contributed by atoms with Gasteiger partial charge in [-0.05, 0) is 56.0 Å². The van der Waals surface area contributed by atoms with Crippen LogP contribution in [0.1, 0.15) is 37.5 Å². The second-order valence-corrected chi connectivity index (χ2v) is 6.45. The van der Waals surface area contributed by atoms with Gasteiger partial charge in [-0.1, -0.05) is 30.3 Å². The molecular weight excluding hydrogens is 493 g/mol. The van der Waals surface area contributed by atoms with Crippen molar-refractivity contribution in [2.45, 2.75) is 40.3 Å². The normalized spacial score (nSPS) is 10.9. The predicted octanol–water partition coefficient (Wildman–Crippen LogP) is 3.89. The van der Waals surface area contributed by atoms with Crippen molar-refractivity contribution < 1.29 is 14.6 Å². The maximum absolute atomic E-state index is 9.47. The minimum atomic E-state index is 0. The molecule has 0 atom stereocenters. The Morgan fingerprint density at radius 2 is 1.63 bits per heavy atom. The monoisotopic (exact) mass is 527 g/mol. The molecule has 3 N–H and O–H groups in total. The van der Waals surface area contributed by atoms with E-state index < -0.39 is 0 Å². The second kappa shape index (κ2) is 14.9. The maximum Gasteiger partial charge on any atom is 0.191 e. The van der Waals surface area contributed by atoms with Crippen LogP contribution in [0, 0.1) is 0 Å². The standard InChI is InChI=1S/C23H33N3O3.HI/c1-4-24-23(26-16-19-9-7-8-10-20(19)17-27)25-14-13-18-11-12-21(28-5-2)22(15-18)29-6-3;/h7-12,15,27H,4-6,13-14,16-17H2,1-3H3,(H2,24,25,26);1H. The lowest BCUT2D eigenvalue weighted by atomic mass is 10.1. The summed E-state index contributed by atoms with van der Waals surface area (Å²) in [6.45, 7) is 9.26. The molecule has 0 amide bonds. The molecule has 0 radical (unpaired) electrons. The summed E-state index contributed by atoms with van der Waals surface area (Å²) < 4.78 is 11.3. The molecule has 0 aliphatic rings. The summed E-state index contributed by atoms with van der Waals surface area (Å²) in [6.07, 6.45) is 0.837. The number of guanidine groups is 1. The number of halogens is 1. The molecule has 0 spiro atoms. The van der Waals surface area contributed by atoms with E-state index in [4.69, 9.17) is 9.47 Å². The summed E-state index contributed by atoms with van der Waals surface area (Å²) in [6, 6.07) is 13.9. The first kappa shape index (κ1) is 26.0. The zero-order valence-electron chi connectivity index (χ0n) is 18.1. The number of hydrogen-bond donors (Lipinski definition) is 3. The number of ether oxygens (including phenoxy) is 2. The Kier molecular flexibility index (Phi) is 12.9. The van der Waals surface area contributed by atoms with Crippen molar-refractivity contribution in [3.8, 4) is 11.5 Å². The Hall–Kier alpha value is -2.00. The van der Waals surface area contributed by atoms with Crippen molar-refractivity contribution in [3.63, 3.8) is 0 Å². The van der Waals surface area contributed by atoms with E-state index in [0.29, 0.717) is 19.8 Å². The Morgan fingerprint density at radius 3 is 2.30 bits per heavy atom. The number of rotatable bonds is 11. The molecule has 2 aromatic rings. The molecule has 0 fully saturated rings. The van der Waals surface area contributed by atoms with Crippen LogP contribution >= 0.6 is 24.0 Å². The Balaban J connectivity index is 0.00000450. The molecule has 7 heteroatoms. The third-order valence-electron chi connectivity index (χ3n) is 4.35. The average Bonchev–Trinajstić information content (AvgIpc) is 2.74. The van der Waals surface area contributed by atoms with Gasteiger partial charge in [0.1, 0.15) is 0 Å². The molecule has 166 valence electrons. The van der Waals surface area contributed by atoms with E-state index in [1.54, 1.807) is 0 Å². The third kappa shape index (κ3) is 8.39. The zero-order valence-corrected chi connectivity index (χ0v) is 20.4. The fourth-order valence-corrected chi connectivity index (χ4v) is 2.95. The first-order valence-electron chi connectivity index (χ1n) is 10.3. The average molecular weight is 527 g/mol. The van der Waals surface area contributed by atoms with Gasteiger partial charge in [0.15, 0.2) is 17.5 Å². The highest BCUT2D eigenvalue weighted by molar-refractivity contribution is 14.0. The predicted molar refractivity (Wildman–Crippen MR) is 133 cm³/mol. The highest BCUT2D eigenvalue weighted by Gasteiger charge is 2.07. The lowest BCUT2D eigenvalue weighted by molar-refractivity contribution is 0.280. The molecule has 6 nitrogen and oxygen atoms in total. The van der Waals surface area contributed by atoms with Crippen molar-refractivity contribution >= 4 is 29.9 Å². The van der Waals surface area contributed by atoms with Crippen LogP contribution < -0.4 is 20.1 Å². The molecule has 0 bridgehead atoms. The first-order valence-corrected chi connectivity index (χ1v) is 10.3. The summed E-state index contributed by atoms with van der Waals surface area (Å²) in [4.78, 5) is 4.65. The number of hydrogen-bond acceptors (Lipinski definition) is 4. The molecule has 2 rings (SSSR count). The molecule has 0 saturated heterocycles. The van der Waals surface area contributed by atoms with Crippen molar-refractivity contribution in [1.82, 2.24) is 10.6 Å². The molecular formula is C23H34IN3O3. The van der Waals surface area contributed by atoms with E-state index in [1.807, 2.05) is 57.2 Å². The van der Waals surface area contributed by atoms with Crippen molar-refractivity contribution in [1.29, 1.82) is 0 Å². The third-order valence-corrected chi connectivity index (χ3v) is 4.35. The van der Waals surface area contributed by atoms with Gasteiger partial charge in [-0.15, -0.1) is 24.0 Å². The van der Waals surface area contributed by atoms with Crippen LogP contribution in [0.5, 0.6) is 11.5 Å². The van der Waals surface area contributed by atoms with Crippen molar-refractivity contribution in [3.05, 3.63) is 59.2 Å². The maximum atomic E-state index is 9.47. The van der Waals surface area contributed by atoms with E-state index >= 15 is 0 Å². The number of aliphatic imine (C=N–C) groups is 1. The van der Waals surface area contributed by atoms with Gasteiger partial charge in [-0.3, -0.25) is 0 Å². The quantitative estimate of drug-likeness (QED) is 0.235. The number of nitrogens with zero attached hydrogens (tertiary/aromatic N) is 1. The summed E-state index contributed by atoms with van der Waals surface area (Å²) in [5.74, 6) is 2.33. The minimum Gasteiger partial charge on any atom is -0.490 e. The highest BCUT2D eigenvalue weighted by atomic mass is 127. The summed E-state index contributed by atoms with van der Waals surface area (Å²) in [7, 11) is 0. The van der Waals surface area contributed by atoms with Gasteiger partial charge >= 0.3 is 0 Å². The fourth-order valence-electron chi connectivity index (χ4n) is 2.95. The van der Waals surface area contributed by atoms with Crippen molar-refractivity contribution in [2.75, 3.05) is 26.3 Å². The number of benzene rings is 2. The van der Waals surface area contributed by atoms with Gasteiger partial charge < -0.3 is 25.2 Å². The van der Waals surface area contributed by atoms with Gasteiger partial charge in [0.25, 0.3) is 0 Å². The largest absolute Gasteiger partial charge is 0.490 e. The molecule has 2 aromatic carbocycles. The minimum absolute atomic E-state index is 0. The van der Waals surface area contributed by atoms with Gasteiger partial charge in [0.05, 0.1) is 26.4 Å². The molecule has 30 heavy (non-hydrogen) atoms. The first-order chi connectivity index (χ1) is 14.2. The number of aliphatic hydroxyl groups is 1. The number of aliphatic hydroxyl groups excluding tert-OH is 1. The topological polar surface area (TPSA) is 75.1 Å². The molecule has 0 unspecified atom stereocenters. The Morgan fingerprint density at radius 1 is 0.933 bits per heavy atom. The van der Waals surface area contributed by atoms with E-state index in [9.17, 15) is 5.11 Å². The van der Waals surface area contributed by atoms with Crippen LogP contribution in [0.25, 0.3) is 0 Å². The van der Waals surface area contributed by atoms with E-state index in [2.05, 4.69) is 21.7 Å². The fraction of sp³-hybridized carbons (Fsp3) is 0.435. The second-order valence-electron chi connectivity index (χ2n) is 6.45. The van der Waals surface area contributed by atoms with Crippen LogP contribution in [0.4, 0.5) is 0 Å². The van der Waals surface area contributed by atoms with E-state index in [0.717, 1.165) is 48.1 Å².